The monoisotopic (exact) mass is 293 g/mol. The predicted octanol–water partition coefficient (Wildman–Crippen LogP) is 4.11. The number of para-hydroxylation sites is 1. The minimum absolute atomic E-state index is 0.425. The molecule has 0 saturated carbocycles. The average Bonchev–Trinajstić information content (AvgIpc) is 3.00. The second-order valence-corrected chi connectivity index (χ2v) is 5.46. The smallest absolute Gasteiger partial charge is 0.205 e. The minimum Gasteiger partial charge on any atom is -0.444 e. The predicted molar refractivity (Wildman–Crippen MR) is 77.8 cm³/mol. The lowest BCUT2D eigenvalue weighted by Gasteiger charge is -2.00. The van der Waals surface area contributed by atoms with Crippen molar-refractivity contribution in [3.05, 3.63) is 40.1 Å². The second-order valence-electron chi connectivity index (χ2n) is 4.06. The van der Waals surface area contributed by atoms with Gasteiger partial charge < -0.3 is 9.73 Å². The van der Waals surface area contributed by atoms with Gasteiger partial charge in [-0.1, -0.05) is 36.5 Å². The standard InChI is InChI=1S/C13H12ClN3OS/c1-2-11-16-17-13(19-11)15-7-9-8-5-3-4-6-10(8)18-12(9)14/h3-6H,2,7H2,1H3,(H,15,17). The van der Waals surface area contributed by atoms with E-state index in [1.165, 1.54) is 0 Å². The molecule has 2 aromatic heterocycles. The summed E-state index contributed by atoms with van der Waals surface area (Å²) in [4.78, 5) is 0. The molecule has 4 nitrogen and oxygen atoms in total. The molecule has 0 aliphatic carbocycles. The number of rotatable bonds is 4. The molecule has 0 aliphatic heterocycles. The number of anilines is 1. The first-order chi connectivity index (χ1) is 9.28. The number of nitrogens with one attached hydrogen (secondary N) is 1. The lowest BCUT2D eigenvalue weighted by Crippen LogP contribution is -1.98. The molecule has 19 heavy (non-hydrogen) atoms. The maximum atomic E-state index is 6.13. The largest absolute Gasteiger partial charge is 0.444 e. The fraction of sp³-hybridized carbons (Fsp3) is 0.231. The van der Waals surface area contributed by atoms with Gasteiger partial charge in [0.2, 0.25) is 5.13 Å². The second kappa shape index (κ2) is 5.19. The molecule has 0 saturated heterocycles. The molecule has 1 N–H and O–H groups in total. The van der Waals surface area contributed by atoms with E-state index in [1.54, 1.807) is 11.3 Å². The van der Waals surface area contributed by atoms with Crippen LogP contribution in [-0.2, 0) is 13.0 Å². The van der Waals surface area contributed by atoms with Crippen molar-refractivity contribution in [3.8, 4) is 0 Å². The first-order valence-corrected chi connectivity index (χ1v) is 7.19. The van der Waals surface area contributed by atoms with E-state index in [2.05, 4.69) is 22.4 Å². The molecule has 3 rings (SSSR count). The van der Waals surface area contributed by atoms with E-state index in [0.29, 0.717) is 11.8 Å². The lowest BCUT2D eigenvalue weighted by atomic mass is 10.2. The molecule has 0 fully saturated rings. The van der Waals surface area contributed by atoms with Crippen molar-refractivity contribution in [2.75, 3.05) is 5.32 Å². The van der Waals surface area contributed by atoms with Crippen molar-refractivity contribution in [2.45, 2.75) is 19.9 Å². The van der Waals surface area contributed by atoms with Gasteiger partial charge in [0.15, 0.2) is 5.22 Å². The van der Waals surface area contributed by atoms with Crippen molar-refractivity contribution >= 4 is 39.0 Å². The average molecular weight is 294 g/mol. The van der Waals surface area contributed by atoms with Gasteiger partial charge in [0.25, 0.3) is 0 Å². The van der Waals surface area contributed by atoms with Gasteiger partial charge in [-0.3, -0.25) is 0 Å². The number of hydrogen-bond donors (Lipinski definition) is 1. The number of nitrogens with zero attached hydrogens (tertiary/aromatic N) is 2. The van der Waals surface area contributed by atoms with E-state index in [1.807, 2.05) is 24.3 Å². The van der Waals surface area contributed by atoms with E-state index >= 15 is 0 Å². The molecule has 98 valence electrons. The fourth-order valence-electron chi connectivity index (χ4n) is 1.87. The molecule has 0 aliphatic rings. The number of aryl methyl sites for hydroxylation is 1. The lowest BCUT2D eigenvalue weighted by molar-refractivity contribution is 0.613. The first-order valence-electron chi connectivity index (χ1n) is 6.00. The zero-order chi connectivity index (χ0) is 13.2. The Labute approximate surface area is 119 Å². The van der Waals surface area contributed by atoms with Crippen molar-refractivity contribution in [1.82, 2.24) is 10.2 Å². The molecule has 0 radical (unpaired) electrons. The summed E-state index contributed by atoms with van der Waals surface area (Å²) in [6.07, 6.45) is 0.898. The van der Waals surface area contributed by atoms with E-state index in [9.17, 15) is 0 Å². The Kier molecular flexibility index (Phi) is 3.40. The summed E-state index contributed by atoms with van der Waals surface area (Å²) in [6.45, 7) is 2.64. The molecular weight excluding hydrogens is 282 g/mol. The Morgan fingerprint density at radius 1 is 1.32 bits per heavy atom. The van der Waals surface area contributed by atoms with Crippen molar-refractivity contribution in [1.29, 1.82) is 0 Å². The highest BCUT2D eigenvalue weighted by molar-refractivity contribution is 7.15. The van der Waals surface area contributed by atoms with Crippen LogP contribution in [0.5, 0.6) is 0 Å². The molecule has 0 bridgehead atoms. The van der Waals surface area contributed by atoms with Crippen LogP contribution in [0.2, 0.25) is 5.22 Å². The van der Waals surface area contributed by atoms with Gasteiger partial charge in [0.1, 0.15) is 10.6 Å². The fourth-order valence-corrected chi connectivity index (χ4v) is 2.79. The summed E-state index contributed by atoms with van der Waals surface area (Å²) in [5, 5.41) is 14.7. The van der Waals surface area contributed by atoms with Crippen molar-refractivity contribution in [3.63, 3.8) is 0 Å². The summed E-state index contributed by atoms with van der Waals surface area (Å²) in [5.74, 6) is 0. The van der Waals surface area contributed by atoms with Crippen LogP contribution in [0.4, 0.5) is 5.13 Å². The van der Waals surface area contributed by atoms with Crippen molar-refractivity contribution in [2.24, 2.45) is 0 Å². The topological polar surface area (TPSA) is 51.0 Å². The zero-order valence-corrected chi connectivity index (χ0v) is 11.9. The summed E-state index contributed by atoms with van der Waals surface area (Å²) in [6, 6.07) is 7.81. The highest BCUT2D eigenvalue weighted by Gasteiger charge is 2.12. The van der Waals surface area contributed by atoms with Gasteiger partial charge in [0, 0.05) is 17.5 Å². The number of fused-ring (bicyclic) bond motifs is 1. The number of aromatic nitrogens is 2. The first kappa shape index (κ1) is 12.4. The van der Waals surface area contributed by atoms with Crippen LogP contribution in [0.3, 0.4) is 0 Å². The molecule has 0 unspecified atom stereocenters. The van der Waals surface area contributed by atoms with E-state index < -0.39 is 0 Å². The molecule has 0 atom stereocenters. The highest BCUT2D eigenvalue weighted by atomic mass is 35.5. The van der Waals surface area contributed by atoms with Gasteiger partial charge in [-0.25, -0.2) is 0 Å². The quantitative estimate of drug-likeness (QED) is 0.786. The molecular formula is C13H12ClN3OS. The van der Waals surface area contributed by atoms with Crippen LogP contribution in [0.25, 0.3) is 11.0 Å². The summed E-state index contributed by atoms with van der Waals surface area (Å²) < 4.78 is 5.51. The van der Waals surface area contributed by atoms with Gasteiger partial charge >= 0.3 is 0 Å². The van der Waals surface area contributed by atoms with Crippen LogP contribution >= 0.6 is 22.9 Å². The third-order valence-electron chi connectivity index (χ3n) is 2.83. The van der Waals surface area contributed by atoms with Crippen LogP contribution in [0.1, 0.15) is 17.5 Å². The zero-order valence-electron chi connectivity index (χ0n) is 10.3. The Morgan fingerprint density at radius 3 is 2.95 bits per heavy atom. The summed E-state index contributed by atoms with van der Waals surface area (Å²) in [7, 11) is 0. The van der Waals surface area contributed by atoms with E-state index in [-0.39, 0.29) is 0 Å². The van der Waals surface area contributed by atoms with E-state index in [0.717, 1.165) is 33.1 Å². The number of hydrogen-bond acceptors (Lipinski definition) is 5. The third-order valence-corrected chi connectivity index (χ3v) is 4.17. The summed E-state index contributed by atoms with van der Waals surface area (Å²) >= 11 is 7.69. The Morgan fingerprint density at radius 2 is 2.16 bits per heavy atom. The van der Waals surface area contributed by atoms with Gasteiger partial charge in [-0.05, 0) is 24.1 Å². The van der Waals surface area contributed by atoms with E-state index in [4.69, 9.17) is 16.0 Å². The SMILES string of the molecule is CCc1nnc(NCc2c(Cl)oc3ccccc23)s1. The normalized spacial score (nSPS) is 11.1. The molecule has 3 aromatic rings. The number of furan rings is 1. The van der Waals surface area contributed by atoms with Gasteiger partial charge in [-0.2, -0.15) is 0 Å². The van der Waals surface area contributed by atoms with Crippen LogP contribution in [0.15, 0.2) is 28.7 Å². The number of benzene rings is 1. The van der Waals surface area contributed by atoms with Crippen LogP contribution in [-0.4, -0.2) is 10.2 Å². The van der Waals surface area contributed by atoms with Crippen molar-refractivity contribution < 1.29 is 4.42 Å². The Hall–Kier alpha value is -1.59. The highest BCUT2D eigenvalue weighted by Crippen LogP contribution is 2.30. The molecule has 0 spiro atoms. The van der Waals surface area contributed by atoms with Crippen LogP contribution in [0, 0.1) is 0 Å². The molecule has 6 heteroatoms. The minimum atomic E-state index is 0.425. The molecule has 1 aromatic carbocycles. The summed E-state index contributed by atoms with van der Waals surface area (Å²) in [5.41, 5.74) is 1.75. The van der Waals surface area contributed by atoms with Crippen LogP contribution < -0.4 is 5.32 Å². The Bertz CT molecular complexity index is 707. The number of halogens is 1. The Balaban J connectivity index is 1.83. The molecule has 2 heterocycles. The third kappa shape index (κ3) is 2.43. The van der Waals surface area contributed by atoms with Gasteiger partial charge in [0.05, 0.1) is 0 Å². The maximum absolute atomic E-state index is 6.13. The molecule has 0 amide bonds. The maximum Gasteiger partial charge on any atom is 0.205 e. The van der Waals surface area contributed by atoms with Gasteiger partial charge in [-0.15, -0.1) is 10.2 Å².